The van der Waals surface area contributed by atoms with Crippen molar-refractivity contribution >= 4 is 6.29 Å². The van der Waals surface area contributed by atoms with Crippen molar-refractivity contribution in [2.75, 3.05) is 0 Å². The Labute approximate surface area is 54.5 Å². The monoisotopic (exact) mass is 126 g/mol. The van der Waals surface area contributed by atoms with E-state index in [4.69, 9.17) is 4.74 Å². The van der Waals surface area contributed by atoms with Crippen LogP contribution in [0, 0.1) is 0 Å². The molecule has 0 aromatic carbocycles. The lowest BCUT2D eigenvalue weighted by atomic mass is 10.1. The maximum atomic E-state index is 10.1. The van der Waals surface area contributed by atoms with Gasteiger partial charge in [-0.15, -0.1) is 0 Å². The molecule has 2 nitrogen and oxygen atoms in total. The van der Waals surface area contributed by atoms with Gasteiger partial charge in [-0.1, -0.05) is 6.58 Å². The van der Waals surface area contributed by atoms with Crippen molar-refractivity contribution in [2.24, 2.45) is 0 Å². The molecule has 1 unspecified atom stereocenters. The minimum Gasteiger partial charge on any atom is -0.488 e. The third-order valence-corrected chi connectivity index (χ3v) is 1.41. The van der Waals surface area contributed by atoms with Gasteiger partial charge in [-0.3, -0.25) is 4.79 Å². The number of rotatable bonds is 1. The second-order valence-corrected chi connectivity index (χ2v) is 2.22. The van der Waals surface area contributed by atoms with Gasteiger partial charge < -0.3 is 4.74 Å². The summed E-state index contributed by atoms with van der Waals surface area (Å²) in [5.74, 6) is 0.748. The molecule has 1 atom stereocenters. The predicted octanol–water partition coefficient (Wildman–Crippen LogP) is 1.27. The largest absolute Gasteiger partial charge is 0.488 e. The molecule has 0 aromatic rings. The first-order valence-electron chi connectivity index (χ1n) is 3.12. The minimum absolute atomic E-state index is 0.216. The van der Waals surface area contributed by atoms with Crippen molar-refractivity contribution in [3.05, 3.63) is 12.3 Å². The van der Waals surface area contributed by atoms with Gasteiger partial charge in [0.1, 0.15) is 0 Å². The van der Waals surface area contributed by atoms with Gasteiger partial charge in [0, 0.05) is 6.42 Å². The summed E-state index contributed by atoms with van der Waals surface area (Å²) in [5.41, 5.74) is 0. The summed E-state index contributed by atoms with van der Waals surface area (Å²) in [4.78, 5) is 10.1. The van der Waals surface area contributed by atoms with Crippen molar-refractivity contribution < 1.29 is 9.53 Å². The van der Waals surface area contributed by atoms with Crippen LogP contribution in [0.2, 0.25) is 0 Å². The van der Waals surface area contributed by atoms with E-state index in [0.29, 0.717) is 0 Å². The molecule has 50 valence electrons. The number of carbonyl (C=O) groups excluding carboxylic acids is 1. The molecule has 0 aliphatic carbocycles. The van der Waals surface area contributed by atoms with Crippen molar-refractivity contribution in [1.29, 1.82) is 0 Å². The van der Waals surface area contributed by atoms with E-state index < -0.39 is 0 Å². The molecule has 9 heavy (non-hydrogen) atoms. The number of aldehydes is 1. The molecule has 0 radical (unpaired) electrons. The van der Waals surface area contributed by atoms with Gasteiger partial charge in [-0.05, 0) is 12.8 Å². The summed E-state index contributed by atoms with van der Waals surface area (Å²) < 4.78 is 5.07. The van der Waals surface area contributed by atoms with Crippen LogP contribution in [0.25, 0.3) is 0 Å². The fraction of sp³-hybridized carbons (Fsp3) is 0.571. The average molecular weight is 126 g/mol. The van der Waals surface area contributed by atoms with E-state index >= 15 is 0 Å². The van der Waals surface area contributed by atoms with Gasteiger partial charge in [-0.2, -0.15) is 0 Å². The molecule has 0 spiro atoms. The second kappa shape index (κ2) is 2.67. The van der Waals surface area contributed by atoms with Gasteiger partial charge in [0.25, 0.3) is 0 Å². The lowest BCUT2D eigenvalue weighted by molar-refractivity contribution is -0.117. The lowest BCUT2D eigenvalue weighted by Gasteiger charge is -2.20. The molecule has 0 saturated carbocycles. The molecule has 1 aliphatic rings. The Morgan fingerprint density at radius 1 is 1.78 bits per heavy atom. The normalized spacial score (nSPS) is 27.1. The number of allylic oxidation sites excluding steroid dienone is 1. The van der Waals surface area contributed by atoms with E-state index in [9.17, 15) is 4.79 Å². The number of ether oxygens (including phenoxy) is 1. The summed E-state index contributed by atoms with van der Waals surface area (Å²) >= 11 is 0. The Morgan fingerprint density at radius 3 is 3.00 bits per heavy atom. The molecule has 1 aliphatic heterocycles. The summed E-state index contributed by atoms with van der Waals surface area (Å²) in [7, 11) is 0. The summed E-state index contributed by atoms with van der Waals surface area (Å²) in [6.45, 7) is 3.63. The van der Waals surface area contributed by atoms with Crippen LogP contribution in [-0.2, 0) is 9.53 Å². The number of hydrogen-bond acceptors (Lipinski definition) is 2. The van der Waals surface area contributed by atoms with Crippen LogP contribution < -0.4 is 0 Å². The zero-order valence-electron chi connectivity index (χ0n) is 5.30. The maximum Gasteiger partial charge on any atom is 0.160 e. The molecular weight excluding hydrogens is 116 g/mol. The summed E-state index contributed by atoms with van der Waals surface area (Å²) in [6.07, 6.45) is 3.41. The predicted molar refractivity (Wildman–Crippen MR) is 33.9 cm³/mol. The van der Waals surface area contributed by atoms with Crippen LogP contribution in [0.5, 0.6) is 0 Å². The number of carbonyl (C=O) groups is 1. The van der Waals surface area contributed by atoms with E-state index in [-0.39, 0.29) is 6.10 Å². The van der Waals surface area contributed by atoms with Crippen LogP contribution in [-0.4, -0.2) is 12.4 Å². The van der Waals surface area contributed by atoms with Crippen molar-refractivity contribution in [3.8, 4) is 0 Å². The Morgan fingerprint density at radius 2 is 2.56 bits per heavy atom. The fourth-order valence-corrected chi connectivity index (χ4v) is 0.928. The highest BCUT2D eigenvalue weighted by Gasteiger charge is 2.14. The SMILES string of the molecule is C=C1CCCC(C=O)O1. The zero-order chi connectivity index (χ0) is 6.69. The standard InChI is InChI=1S/C7H10O2/c1-6-3-2-4-7(5-8)9-6/h5,7H,1-4H2. The molecule has 1 saturated heterocycles. The number of hydrogen-bond donors (Lipinski definition) is 0. The van der Waals surface area contributed by atoms with E-state index in [1.807, 2.05) is 0 Å². The van der Waals surface area contributed by atoms with Gasteiger partial charge in [0.05, 0.1) is 5.76 Å². The molecule has 1 rings (SSSR count). The van der Waals surface area contributed by atoms with Crippen molar-refractivity contribution in [1.82, 2.24) is 0 Å². The molecule has 0 aromatic heterocycles. The highest BCUT2D eigenvalue weighted by atomic mass is 16.5. The van der Waals surface area contributed by atoms with Gasteiger partial charge in [0.15, 0.2) is 12.4 Å². The van der Waals surface area contributed by atoms with Crippen LogP contribution in [0.1, 0.15) is 19.3 Å². The first kappa shape index (κ1) is 6.33. The van der Waals surface area contributed by atoms with Gasteiger partial charge in [0.2, 0.25) is 0 Å². The molecule has 2 heteroatoms. The average Bonchev–Trinajstić information content (AvgIpc) is 1.88. The quantitative estimate of drug-likeness (QED) is 0.494. The van der Waals surface area contributed by atoms with E-state index in [1.165, 1.54) is 0 Å². The zero-order valence-corrected chi connectivity index (χ0v) is 5.30. The molecule has 1 heterocycles. The summed E-state index contributed by atoms with van der Waals surface area (Å²) in [6, 6.07) is 0. The topological polar surface area (TPSA) is 26.3 Å². The van der Waals surface area contributed by atoms with Crippen LogP contribution in [0.15, 0.2) is 12.3 Å². The maximum absolute atomic E-state index is 10.1. The molecule has 0 amide bonds. The minimum atomic E-state index is -0.216. The van der Waals surface area contributed by atoms with E-state index in [0.717, 1.165) is 31.3 Å². The first-order valence-corrected chi connectivity index (χ1v) is 3.12. The Kier molecular flexibility index (Phi) is 1.88. The molecule has 1 fully saturated rings. The first-order chi connectivity index (χ1) is 4.33. The lowest BCUT2D eigenvalue weighted by Crippen LogP contribution is -2.18. The Balaban J connectivity index is 2.40. The Hall–Kier alpha value is -0.790. The van der Waals surface area contributed by atoms with Crippen molar-refractivity contribution in [2.45, 2.75) is 25.4 Å². The molecule has 0 bridgehead atoms. The van der Waals surface area contributed by atoms with Crippen LogP contribution >= 0.6 is 0 Å². The van der Waals surface area contributed by atoms with E-state index in [1.54, 1.807) is 0 Å². The third-order valence-electron chi connectivity index (χ3n) is 1.41. The van der Waals surface area contributed by atoms with Gasteiger partial charge >= 0.3 is 0 Å². The smallest absolute Gasteiger partial charge is 0.160 e. The second-order valence-electron chi connectivity index (χ2n) is 2.22. The highest BCUT2D eigenvalue weighted by molar-refractivity contribution is 5.56. The molecule has 0 N–H and O–H groups in total. The fourth-order valence-electron chi connectivity index (χ4n) is 0.928. The summed E-state index contributed by atoms with van der Waals surface area (Å²) in [5, 5.41) is 0. The van der Waals surface area contributed by atoms with Crippen LogP contribution in [0.4, 0.5) is 0 Å². The third kappa shape index (κ3) is 1.56. The van der Waals surface area contributed by atoms with Gasteiger partial charge in [-0.25, -0.2) is 0 Å². The van der Waals surface area contributed by atoms with Crippen molar-refractivity contribution in [3.63, 3.8) is 0 Å². The van der Waals surface area contributed by atoms with E-state index in [2.05, 4.69) is 6.58 Å². The molecular formula is C7H10O2. The van der Waals surface area contributed by atoms with Crippen LogP contribution in [0.3, 0.4) is 0 Å². The highest BCUT2D eigenvalue weighted by Crippen LogP contribution is 2.18. The Bertz CT molecular complexity index is 129.